The molecule has 0 saturated heterocycles. The van der Waals surface area contributed by atoms with Crippen molar-refractivity contribution in [2.45, 2.75) is 27.2 Å². The van der Waals surface area contributed by atoms with Crippen molar-refractivity contribution in [2.24, 2.45) is 0 Å². The Bertz CT molecular complexity index is 456. The molecule has 76 valence electrons. The fourth-order valence-corrected chi connectivity index (χ4v) is 1.04. The third kappa shape index (κ3) is 2.45. The minimum absolute atomic E-state index is 0.121. The molecule has 2 rings (SSSR count). The number of hydrogen-bond acceptors (Lipinski definition) is 2. The number of imidazole rings is 1. The number of nitrogens with zero attached hydrogens (tertiary/aromatic N) is 1. The predicted molar refractivity (Wildman–Crippen MR) is 57.4 cm³/mol. The van der Waals surface area contributed by atoms with E-state index in [2.05, 4.69) is 28.8 Å². The summed E-state index contributed by atoms with van der Waals surface area (Å²) in [7, 11) is 0. The lowest BCUT2D eigenvalue weighted by Crippen LogP contribution is -2.01. The Morgan fingerprint density at radius 1 is 1.29 bits per heavy atom. The van der Waals surface area contributed by atoms with Gasteiger partial charge in [-0.15, -0.1) is 0 Å². The third-order valence-corrected chi connectivity index (χ3v) is 1.49. The van der Waals surface area contributed by atoms with E-state index in [9.17, 15) is 4.79 Å². The number of pyridine rings is 1. The van der Waals surface area contributed by atoms with Crippen LogP contribution in [0.4, 0.5) is 0 Å². The van der Waals surface area contributed by atoms with Crippen molar-refractivity contribution in [1.82, 2.24) is 15.0 Å². The molecule has 0 bridgehead atoms. The smallest absolute Gasteiger partial charge is 0.249 e. The highest BCUT2D eigenvalue weighted by molar-refractivity contribution is 5.69. The SMILES string of the molecule is CCC.Cc1nc2[nH]c(=O)ccc2[nH]1. The Balaban J connectivity index is 0.000000293. The van der Waals surface area contributed by atoms with Gasteiger partial charge in [0.05, 0.1) is 5.52 Å². The lowest BCUT2D eigenvalue weighted by molar-refractivity contribution is 1.09. The van der Waals surface area contributed by atoms with Gasteiger partial charge in [0.1, 0.15) is 5.82 Å². The van der Waals surface area contributed by atoms with E-state index in [0.717, 1.165) is 11.3 Å². The lowest BCUT2D eigenvalue weighted by Gasteiger charge is -1.82. The second-order valence-corrected chi connectivity index (χ2v) is 3.11. The summed E-state index contributed by atoms with van der Waals surface area (Å²) in [5.74, 6) is 0.807. The number of hydrogen-bond donors (Lipinski definition) is 2. The van der Waals surface area contributed by atoms with Gasteiger partial charge >= 0.3 is 0 Å². The molecule has 14 heavy (non-hydrogen) atoms. The van der Waals surface area contributed by atoms with Crippen molar-refractivity contribution in [3.63, 3.8) is 0 Å². The fourth-order valence-electron chi connectivity index (χ4n) is 1.04. The zero-order valence-corrected chi connectivity index (χ0v) is 8.72. The van der Waals surface area contributed by atoms with Crippen LogP contribution in [0.1, 0.15) is 26.1 Å². The highest BCUT2D eigenvalue weighted by atomic mass is 16.1. The number of rotatable bonds is 0. The molecule has 0 radical (unpaired) electrons. The molecular weight excluding hydrogens is 178 g/mol. The second-order valence-electron chi connectivity index (χ2n) is 3.11. The number of fused-ring (bicyclic) bond motifs is 1. The zero-order chi connectivity index (χ0) is 10.6. The Morgan fingerprint density at radius 2 is 1.93 bits per heavy atom. The van der Waals surface area contributed by atoms with Crippen LogP contribution in [-0.4, -0.2) is 15.0 Å². The summed E-state index contributed by atoms with van der Waals surface area (Å²) < 4.78 is 0. The monoisotopic (exact) mass is 193 g/mol. The van der Waals surface area contributed by atoms with Gasteiger partial charge in [-0.2, -0.15) is 0 Å². The van der Waals surface area contributed by atoms with E-state index in [1.165, 1.54) is 12.5 Å². The van der Waals surface area contributed by atoms with Gasteiger partial charge in [-0.1, -0.05) is 20.3 Å². The second kappa shape index (κ2) is 4.60. The molecule has 2 heterocycles. The molecule has 0 aliphatic heterocycles. The van der Waals surface area contributed by atoms with Crippen molar-refractivity contribution in [1.29, 1.82) is 0 Å². The summed E-state index contributed by atoms with van der Waals surface area (Å²) in [5, 5.41) is 0. The molecule has 2 N–H and O–H groups in total. The van der Waals surface area contributed by atoms with Crippen LogP contribution in [0.5, 0.6) is 0 Å². The van der Waals surface area contributed by atoms with Crippen molar-refractivity contribution in [3.8, 4) is 0 Å². The normalized spacial score (nSPS) is 9.64. The van der Waals surface area contributed by atoms with Gasteiger partial charge in [-0.3, -0.25) is 4.79 Å². The Morgan fingerprint density at radius 3 is 2.57 bits per heavy atom. The van der Waals surface area contributed by atoms with Crippen LogP contribution >= 0.6 is 0 Å². The van der Waals surface area contributed by atoms with E-state index >= 15 is 0 Å². The largest absolute Gasteiger partial charge is 0.341 e. The van der Waals surface area contributed by atoms with Crippen molar-refractivity contribution in [3.05, 3.63) is 28.3 Å². The van der Waals surface area contributed by atoms with E-state index in [1.807, 2.05) is 6.92 Å². The lowest BCUT2D eigenvalue weighted by atomic mass is 10.4. The average Bonchev–Trinajstić information content (AvgIpc) is 2.45. The summed E-state index contributed by atoms with van der Waals surface area (Å²) in [6.07, 6.45) is 1.25. The van der Waals surface area contributed by atoms with Crippen molar-refractivity contribution >= 4 is 11.2 Å². The standard InChI is InChI=1S/C7H7N3O.C3H8/c1-4-8-5-2-3-6(11)10-7(5)9-4;1-3-2/h2-3H,1H3,(H2,8,9,10,11);3H2,1-2H3. The van der Waals surface area contributed by atoms with Gasteiger partial charge < -0.3 is 9.97 Å². The highest BCUT2D eigenvalue weighted by Crippen LogP contribution is 2.03. The molecule has 0 spiro atoms. The summed E-state index contributed by atoms with van der Waals surface area (Å²) in [6.45, 7) is 6.10. The third-order valence-electron chi connectivity index (χ3n) is 1.49. The molecule has 2 aromatic heterocycles. The molecule has 4 nitrogen and oxygen atoms in total. The van der Waals surface area contributed by atoms with E-state index < -0.39 is 0 Å². The zero-order valence-electron chi connectivity index (χ0n) is 8.72. The number of nitrogens with one attached hydrogen (secondary N) is 2. The van der Waals surface area contributed by atoms with E-state index in [4.69, 9.17) is 0 Å². The van der Waals surface area contributed by atoms with Crippen LogP contribution in [-0.2, 0) is 0 Å². The number of aromatic amines is 2. The molecule has 0 unspecified atom stereocenters. The van der Waals surface area contributed by atoms with Crippen LogP contribution in [0.3, 0.4) is 0 Å². The van der Waals surface area contributed by atoms with Crippen molar-refractivity contribution < 1.29 is 0 Å². The maximum atomic E-state index is 10.8. The molecule has 0 atom stereocenters. The van der Waals surface area contributed by atoms with Gasteiger partial charge in [0.25, 0.3) is 0 Å². The quantitative estimate of drug-likeness (QED) is 0.672. The van der Waals surface area contributed by atoms with Gasteiger partial charge in [-0.25, -0.2) is 4.98 Å². The minimum Gasteiger partial charge on any atom is -0.341 e. The van der Waals surface area contributed by atoms with Gasteiger partial charge in [0, 0.05) is 6.07 Å². The molecule has 0 saturated carbocycles. The van der Waals surface area contributed by atoms with Crippen LogP contribution in [0.2, 0.25) is 0 Å². The first kappa shape index (κ1) is 10.5. The van der Waals surface area contributed by atoms with E-state index in [0.29, 0.717) is 5.65 Å². The average molecular weight is 193 g/mol. The summed E-state index contributed by atoms with van der Waals surface area (Å²) >= 11 is 0. The molecule has 0 aliphatic carbocycles. The van der Waals surface area contributed by atoms with Gasteiger partial charge in [0.2, 0.25) is 5.56 Å². The first-order valence-electron chi connectivity index (χ1n) is 4.73. The molecular formula is C10H15N3O. The molecule has 0 aromatic carbocycles. The van der Waals surface area contributed by atoms with Crippen LogP contribution in [0.15, 0.2) is 16.9 Å². The van der Waals surface area contributed by atoms with E-state index in [-0.39, 0.29) is 5.56 Å². The van der Waals surface area contributed by atoms with Crippen LogP contribution in [0.25, 0.3) is 11.2 Å². The molecule has 0 aliphatic rings. The van der Waals surface area contributed by atoms with E-state index in [1.54, 1.807) is 6.07 Å². The first-order chi connectivity index (χ1) is 6.67. The fraction of sp³-hybridized carbons (Fsp3) is 0.400. The first-order valence-corrected chi connectivity index (χ1v) is 4.73. The summed E-state index contributed by atoms with van der Waals surface area (Å²) in [6, 6.07) is 3.19. The van der Waals surface area contributed by atoms with Crippen molar-refractivity contribution in [2.75, 3.05) is 0 Å². The molecule has 0 fully saturated rings. The summed E-state index contributed by atoms with van der Waals surface area (Å²) in [4.78, 5) is 20.5. The molecule has 0 amide bonds. The highest BCUT2D eigenvalue weighted by Gasteiger charge is 1.97. The number of H-pyrrole nitrogens is 2. The maximum Gasteiger partial charge on any atom is 0.249 e. The number of aromatic nitrogens is 3. The topological polar surface area (TPSA) is 61.5 Å². The minimum atomic E-state index is -0.121. The maximum absolute atomic E-state index is 10.8. The molecule has 2 aromatic rings. The number of aryl methyl sites for hydroxylation is 1. The Hall–Kier alpha value is -1.58. The summed E-state index contributed by atoms with van der Waals surface area (Å²) in [5.41, 5.74) is 1.36. The van der Waals surface area contributed by atoms with Crippen LogP contribution in [0, 0.1) is 6.92 Å². The Kier molecular flexibility index (Phi) is 3.45. The molecule has 4 heteroatoms. The van der Waals surface area contributed by atoms with Crippen LogP contribution < -0.4 is 5.56 Å². The predicted octanol–water partition coefficient (Wildman–Crippen LogP) is 1.98. The van der Waals surface area contributed by atoms with Gasteiger partial charge in [0.15, 0.2) is 5.65 Å². The van der Waals surface area contributed by atoms with Gasteiger partial charge in [-0.05, 0) is 13.0 Å². The Labute approximate surface area is 82.4 Å².